The number of carbonyl (C=O) groups excluding carboxylic acids is 5. The van der Waals surface area contributed by atoms with Gasteiger partial charge in [0.15, 0.2) is 5.78 Å². The van der Waals surface area contributed by atoms with Crippen LogP contribution in [-0.2, 0) is 32.1 Å². The van der Waals surface area contributed by atoms with Crippen LogP contribution in [0.15, 0.2) is 67.2 Å². The minimum absolute atomic E-state index is 0.0355. The number of rotatable bonds is 7. The lowest BCUT2D eigenvalue weighted by Gasteiger charge is -2.41. The van der Waals surface area contributed by atoms with Gasteiger partial charge in [-0.15, -0.1) is 0 Å². The first-order valence-corrected chi connectivity index (χ1v) is 17.3. The van der Waals surface area contributed by atoms with Crippen LogP contribution < -0.4 is 10.2 Å². The molecule has 0 bridgehead atoms. The molecule has 2 heterocycles. The fourth-order valence-corrected chi connectivity index (χ4v) is 7.98. The number of nitrogens with zero attached hydrogens (tertiary/aromatic N) is 2. The molecule has 8 heteroatoms. The number of Topliss-reactive ketones (excluding diaryl/α,β-unsaturated/α-hetero) is 1. The van der Waals surface area contributed by atoms with Crippen molar-refractivity contribution >= 4 is 46.4 Å². The Bertz CT molecular complexity index is 1960. The zero-order valence-corrected chi connectivity index (χ0v) is 28.3. The van der Waals surface area contributed by atoms with Crippen LogP contribution in [0, 0.1) is 6.92 Å². The largest absolute Gasteiger partial charge is 0.373 e. The van der Waals surface area contributed by atoms with Crippen LogP contribution in [0.1, 0.15) is 96.8 Å². The predicted molar refractivity (Wildman–Crippen MR) is 190 cm³/mol. The highest BCUT2D eigenvalue weighted by Crippen LogP contribution is 2.47. The van der Waals surface area contributed by atoms with Gasteiger partial charge in [-0.25, -0.2) is 0 Å². The standard InChI is InChI=1S/C40H43N3O3.CO2/c1-4-28-12-14-29(15-13-28)24-36(45)40(19-8-20-40)41-39(46)31-16-18-32-35(25-31)43-22-21-42(27(3)44)34-23-26(2)11-17-33(34)38(43)37(32)30-9-6-5-7-10-30;2-1-3/h4,11-18,23,25,30H,1,5-10,19-22,24H2,2-3H3,(H,41,46);. The van der Waals surface area contributed by atoms with E-state index in [9.17, 15) is 14.4 Å². The molecular formula is C41H43N3O5. The van der Waals surface area contributed by atoms with Crippen molar-refractivity contribution in [1.29, 1.82) is 0 Å². The highest BCUT2D eigenvalue weighted by Gasteiger charge is 2.45. The SMILES string of the molecule is C=Cc1ccc(CC(=O)C2(NC(=O)c3ccc4c(C5CCCCC5)c5n(c4c3)CCN(C(C)=O)c3cc(C)ccc3-5)CCC2)cc1.O=C=O. The number of anilines is 1. The number of aromatic nitrogens is 1. The van der Waals surface area contributed by atoms with E-state index in [1.54, 1.807) is 13.0 Å². The molecule has 4 aromatic rings. The molecule has 2 aliphatic carbocycles. The van der Waals surface area contributed by atoms with E-state index < -0.39 is 5.54 Å². The van der Waals surface area contributed by atoms with Gasteiger partial charge < -0.3 is 14.8 Å². The van der Waals surface area contributed by atoms with Gasteiger partial charge in [0.2, 0.25) is 5.91 Å². The van der Waals surface area contributed by atoms with E-state index in [1.165, 1.54) is 35.9 Å². The molecule has 2 fully saturated rings. The third-order valence-electron chi connectivity index (χ3n) is 10.7. The van der Waals surface area contributed by atoms with Crippen molar-refractivity contribution in [3.05, 3.63) is 95.1 Å². The van der Waals surface area contributed by atoms with Gasteiger partial charge in [0, 0.05) is 48.5 Å². The normalized spacial score (nSPS) is 16.5. The van der Waals surface area contributed by atoms with Gasteiger partial charge in [0.05, 0.1) is 16.9 Å². The van der Waals surface area contributed by atoms with Crippen molar-refractivity contribution in [2.24, 2.45) is 0 Å². The highest BCUT2D eigenvalue weighted by molar-refractivity contribution is 6.05. The van der Waals surface area contributed by atoms with Crippen molar-refractivity contribution < 1.29 is 24.0 Å². The Morgan fingerprint density at radius 3 is 2.29 bits per heavy atom. The van der Waals surface area contributed by atoms with Crippen molar-refractivity contribution in [1.82, 2.24) is 9.88 Å². The van der Waals surface area contributed by atoms with Gasteiger partial charge in [0.25, 0.3) is 5.91 Å². The minimum Gasteiger partial charge on any atom is -0.340 e. The fraction of sp³-hybridized carbons (Fsp3) is 0.366. The van der Waals surface area contributed by atoms with Crippen molar-refractivity contribution in [2.45, 2.75) is 89.6 Å². The van der Waals surface area contributed by atoms with Crippen LogP contribution in [0.2, 0.25) is 0 Å². The molecule has 3 aromatic carbocycles. The van der Waals surface area contributed by atoms with Gasteiger partial charge in [-0.3, -0.25) is 14.4 Å². The summed E-state index contributed by atoms with van der Waals surface area (Å²) in [5.74, 6) is 0.323. The molecule has 49 heavy (non-hydrogen) atoms. The summed E-state index contributed by atoms with van der Waals surface area (Å²) in [5.41, 5.74) is 8.43. The van der Waals surface area contributed by atoms with E-state index >= 15 is 0 Å². The van der Waals surface area contributed by atoms with Crippen molar-refractivity contribution in [3.63, 3.8) is 0 Å². The maximum absolute atomic E-state index is 13.9. The van der Waals surface area contributed by atoms with E-state index in [0.29, 0.717) is 43.8 Å². The Labute approximate surface area is 287 Å². The lowest BCUT2D eigenvalue weighted by atomic mass is 9.72. The number of aryl methyl sites for hydroxylation is 1. The van der Waals surface area contributed by atoms with Gasteiger partial charge in [0.1, 0.15) is 0 Å². The van der Waals surface area contributed by atoms with Gasteiger partial charge in [-0.2, -0.15) is 9.59 Å². The second-order valence-electron chi connectivity index (χ2n) is 13.7. The molecule has 0 saturated heterocycles. The molecule has 2 amide bonds. The number of nitrogens with one attached hydrogen (secondary N) is 1. The van der Waals surface area contributed by atoms with Gasteiger partial charge >= 0.3 is 6.15 Å². The number of fused-ring (bicyclic) bond motifs is 5. The average Bonchev–Trinajstić information content (AvgIpc) is 3.30. The Kier molecular flexibility index (Phi) is 9.79. The first-order chi connectivity index (χ1) is 23.7. The molecular weight excluding hydrogens is 614 g/mol. The van der Waals surface area contributed by atoms with Gasteiger partial charge in [-0.05, 0) is 85.4 Å². The molecule has 0 unspecified atom stereocenters. The fourth-order valence-electron chi connectivity index (χ4n) is 7.98. The van der Waals surface area contributed by atoms with E-state index in [4.69, 9.17) is 9.59 Å². The molecule has 3 aliphatic rings. The quantitative estimate of drug-likeness (QED) is 0.221. The summed E-state index contributed by atoms with van der Waals surface area (Å²) < 4.78 is 2.35. The van der Waals surface area contributed by atoms with E-state index in [1.807, 2.05) is 41.3 Å². The monoisotopic (exact) mass is 657 g/mol. The van der Waals surface area contributed by atoms with E-state index in [0.717, 1.165) is 52.7 Å². The van der Waals surface area contributed by atoms with Crippen LogP contribution in [-0.4, -0.2) is 40.4 Å². The second kappa shape index (κ2) is 14.2. The van der Waals surface area contributed by atoms with Crippen LogP contribution >= 0.6 is 0 Å². The first kappa shape index (κ1) is 33.8. The first-order valence-electron chi connectivity index (χ1n) is 17.3. The molecule has 1 aliphatic heterocycles. The zero-order valence-electron chi connectivity index (χ0n) is 28.3. The van der Waals surface area contributed by atoms with Gasteiger partial charge in [-0.1, -0.05) is 74.4 Å². The highest BCUT2D eigenvalue weighted by atomic mass is 16.2. The zero-order chi connectivity index (χ0) is 34.7. The summed E-state index contributed by atoms with van der Waals surface area (Å²) in [6, 6.07) is 20.4. The predicted octanol–water partition coefficient (Wildman–Crippen LogP) is 7.55. The molecule has 252 valence electrons. The number of carbonyl (C=O) groups is 3. The molecule has 7 rings (SSSR count). The molecule has 0 radical (unpaired) electrons. The summed E-state index contributed by atoms with van der Waals surface area (Å²) in [5, 5.41) is 4.39. The smallest absolute Gasteiger partial charge is 0.340 e. The van der Waals surface area contributed by atoms with Crippen molar-refractivity contribution in [2.75, 3.05) is 11.4 Å². The summed E-state index contributed by atoms with van der Waals surface area (Å²) in [6.07, 6.45) is 10.6. The maximum Gasteiger partial charge on any atom is 0.373 e. The van der Waals surface area contributed by atoms with Crippen molar-refractivity contribution in [3.8, 4) is 11.3 Å². The van der Waals surface area contributed by atoms with Crippen LogP contribution in [0.4, 0.5) is 5.69 Å². The summed E-state index contributed by atoms with van der Waals surface area (Å²) in [6.45, 7) is 8.73. The second-order valence-corrected chi connectivity index (χ2v) is 13.7. The number of hydrogen-bond donors (Lipinski definition) is 1. The minimum atomic E-state index is -0.828. The molecule has 0 spiro atoms. The number of hydrogen-bond acceptors (Lipinski definition) is 5. The number of amides is 2. The van der Waals surface area contributed by atoms with Crippen LogP contribution in [0.3, 0.4) is 0 Å². The average molecular weight is 658 g/mol. The van der Waals surface area contributed by atoms with E-state index in [2.05, 4.69) is 47.7 Å². The molecule has 0 atom stereocenters. The maximum atomic E-state index is 13.9. The lowest BCUT2D eigenvalue weighted by Crippen LogP contribution is -2.59. The Morgan fingerprint density at radius 2 is 1.65 bits per heavy atom. The lowest BCUT2D eigenvalue weighted by molar-refractivity contribution is -0.191. The van der Waals surface area contributed by atoms with Crippen LogP contribution in [0.25, 0.3) is 28.2 Å². The summed E-state index contributed by atoms with van der Waals surface area (Å²) in [4.78, 5) is 58.6. The number of benzene rings is 3. The summed E-state index contributed by atoms with van der Waals surface area (Å²) >= 11 is 0. The molecule has 1 N–H and O–H groups in total. The molecule has 2 saturated carbocycles. The molecule has 1 aromatic heterocycles. The Hall–Kier alpha value is -5.07. The summed E-state index contributed by atoms with van der Waals surface area (Å²) in [7, 11) is 0. The number of ketones is 1. The molecule has 8 nitrogen and oxygen atoms in total. The van der Waals surface area contributed by atoms with Crippen LogP contribution in [0.5, 0.6) is 0 Å². The third kappa shape index (κ3) is 6.53. The van der Waals surface area contributed by atoms with E-state index in [-0.39, 0.29) is 23.7 Å². The third-order valence-corrected chi connectivity index (χ3v) is 10.7. The Morgan fingerprint density at radius 1 is 0.939 bits per heavy atom. The Balaban J connectivity index is 0.00000134. The topological polar surface area (TPSA) is 106 Å².